The van der Waals surface area contributed by atoms with Gasteiger partial charge < -0.3 is 5.32 Å². The summed E-state index contributed by atoms with van der Waals surface area (Å²) in [5, 5.41) is 4.13. The lowest BCUT2D eigenvalue weighted by atomic mass is 10.1. The molecule has 0 bridgehead atoms. The second-order valence-electron chi connectivity index (χ2n) is 4.75. The van der Waals surface area contributed by atoms with Crippen LogP contribution in [0, 0.1) is 6.92 Å². The third kappa shape index (κ3) is 2.45. The average Bonchev–Trinajstić information content (AvgIpc) is 2.49. The minimum Gasteiger partial charge on any atom is -0.357 e. The molecule has 2 heterocycles. The fourth-order valence-corrected chi connectivity index (χ4v) is 2.16. The Morgan fingerprint density at radius 1 is 1.05 bits per heavy atom. The first-order valence-corrected chi connectivity index (χ1v) is 6.61. The quantitative estimate of drug-likeness (QED) is 0.790. The van der Waals surface area contributed by atoms with Crippen LogP contribution in [0.1, 0.15) is 17.0 Å². The Bertz CT molecular complexity index is 752. The maximum atomic E-state index is 4.69. The highest BCUT2D eigenvalue weighted by Gasteiger charge is 2.06. The Morgan fingerprint density at radius 3 is 2.75 bits per heavy atom. The number of nitrogens with one attached hydrogen (secondary N) is 1. The van der Waals surface area contributed by atoms with Crippen LogP contribution in [0.3, 0.4) is 0 Å². The fraction of sp³-hybridized carbons (Fsp3) is 0.188. The van der Waals surface area contributed by atoms with Gasteiger partial charge in [-0.05, 0) is 24.6 Å². The Labute approximate surface area is 117 Å². The van der Waals surface area contributed by atoms with Crippen molar-refractivity contribution in [3.63, 3.8) is 0 Å². The highest BCUT2D eigenvalue weighted by Crippen LogP contribution is 2.15. The number of benzene rings is 1. The van der Waals surface area contributed by atoms with Crippen LogP contribution in [0.5, 0.6) is 0 Å². The molecule has 0 radical (unpaired) electrons. The number of aromatic nitrogens is 3. The average molecular weight is 264 g/mol. The van der Waals surface area contributed by atoms with Gasteiger partial charge in [0.2, 0.25) is 5.95 Å². The molecule has 0 atom stereocenters. The maximum absolute atomic E-state index is 4.69. The van der Waals surface area contributed by atoms with Crippen LogP contribution in [0.2, 0.25) is 0 Å². The van der Waals surface area contributed by atoms with Gasteiger partial charge in [0.05, 0.1) is 11.2 Å². The molecule has 0 fully saturated rings. The summed E-state index contributed by atoms with van der Waals surface area (Å²) >= 11 is 0. The van der Waals surface area contributed by atoms with Crippen molar-refractivity contribution in [2.75, 3.05) is 12.4 Å². The van der Waals surface area contributed by atoms with Crippen LogP contribution in [-0.2, 0) is 6.42 Å². The molecule has 100 valence electrons. The van der Waals surface area contributed by atoms with E-state index in [1.165, 1.54) is 0 Å². The molecule has 20 heavy (non-hydrogen) atoms. The first-order valence-electron chi connectivity index (χ1n) is 6.61. The zero-order valence-electron chi connectivity index (χ0n) is 11.6. The molecule has 0 unspecified atom stereocenters. The van der Waals surface area contributed by atoms with Crippen molar-refractivity contribution in [2.24, 2.45) is 0 Å². The number of nitrogens with zero attached hydrogens (tertiary/aromatic N) is 3. The number of pyridine rings is 1. The summed E-state index contributed by atoms with van der Waals surface area (Å²) in [5.74, 6) is 0.645. The van der Waals surface area contributed by atoms with E-state index in [1.807, 2.05) is 38.4 Å². The second-order valence-corrected chi connectivity index (χ2v) is 4.75. The summed E-state index contributed by atoms with van der Waals surface area (Å²) < 4.78 is 0. The molecule has 3 rings (SSSR count). The van der Waals surface area contributed by atoms with Gasteiger partial charge in [0.25, 0.3) is 0 Å². The van der Waals surface area contributed by atoms with Gasteiger partial charge in [-0.15, -0.1) is 0 Å². The lowest BCUT2D eigenvalue weighted by molar-refractivity contribution is 0.972. The SMILES string of the molecule is CNc1ncc(C)c(Cc2ccc3ccccc3n2)n1. The zero-order chi connectivity index (χ0) is 13.9. The van der Waals surface area contributed by atoms with Gasteiger partial charge in [-0.1, -0.05) is 24.3 Å². The number of hydrogen-bond acceptors (Lipinski definition) is 4. The number of anilines is 1. The van der Waals surface area contributed by atoms with Gasteiger partial charge in [-0.3, -0.25) is 4.98 Å². The molecular formula is C16H16N4. The molecule has 0 saturated heterocycles. The van der Waals surface area contributed by atoms with E-state index in [4.69, 9.17) is 0 Å². The molecule has 0 spiro atoms. The van der Waals surface area contributed by atoms with Crippen LogP contribution in [-0.4, -0.2) is 22.0 Å². The molecule has 3 aromatic rings. The molecule has 0 saturated carbocycles. The van der Waals surface area contributed by atoms with E-state index in [2.05, 4.69) is 38.5 Å². The Morgan fingerprint density at radius 2 is 1.90 bits per heavy atom. The Balaban J connectivity index is 1.96. The van der Waals surface area contributed by atoms with Gasteiger partial charge in [-0.2, -0.15) is 0 Å². The Hall–Kier alpha value is -2.49. The number of rotatable bonds is 3. The summed E-state index contributed by atoms with van der Waals surface area (Å²) in [4.78, 5) is 13.4. The smallest absolute Gasteiger partial charge is 0.222 e. The molecular weight excluding hydrogens is 248 g/mol. The summed E-state index contributed by atoms with van der Waals surface area (Å²) in [5.41, 5.74) is 4.13. The predicted octanol–water partition coefficient (Wildman–Crippen LogP) is 2.97. The minimum atomic E-state index is 0.645. The number of fused-ring (bicyclic) bond motifs is 1. The highest BCUT2D eigenvalue weighted by atomic mass is 15.1. The van der Waals surface area contributed by atoms with Crippen LogP contribution in [0.4, 0.5) is 5.95 Å². The van der Waals surface area contributed by atoms with E-state index >= 15 is 0 Å². The maximum Gasteiger partial charge on any atom is 0.222 e. The predicted molar refractivity (Wildman–Crippen MR) is 80.9 cm³/mol. The monoisotopic (exact) mass is 264 g/mol. The second kappa shape index (κ2) is 5.25. The third-order valence-corrected chi connectivity index (χ3v) is 3.30. The van der Waals surface area contributed by atoms with Crippen molar-refractivity contribution in [3.8, 4) is 0 Å². The van der Waals surface area contributed by atoms with E-state index in [9.17, 15) is 0 Å². The fourth-order valence-electron chi connectivity index (χ4n) is 2.16. The summed E-state index contributed by atoms with van der Waals surface area (Å²) in [6, 6.07) is 12.3. The molecule has 2 aromatic heterocycles. The van der Waals surface area contributed by atoms with Crippen LogP contribution < -0.4 is 5.32 Å². The number of hydrogen-bond donors (Lipinski definition) is 1. The number of para-hydroxylation sites is 1. The molecule has 1 N–H and O–H groups in total. The van der Waals surface area contributed by atoms with E-state index < -0.39 is 0 Å². The normalized spacial score (nSPS) is 10.7. The first kappa shape index (κ1) is 12.5. The molecule has 4 nitrogen and oxygen atoms in total. The van der Waals surface area contributed by atoms with E-state index in [-0.39, 0.29) is 0 Å². The number of aryl methyl sites for hydroxylation is 1. The summed E-state index contributed by atoms with van der Waals surface area (Å²) in [6.07, 6.45) is 2.56. The highest BCUT2D eigenvalue weighted by molar-refractivity contribution is 5.78. The lowest BCUT2D eigenvalue weighted by Crippen LogP contribution is -2.03. The molecule has 0 aliphatic rings. The van der Waals surface area contributed by atoms with Gasteiger partial charge in [0, 0.05) is 30.7 Å². The molecule has 0 amide bonds. The van der Waals surface area contributed by atoms with Crippen LogP contribution >= 0.6 is 0 Å². The molecule has 4 heteroatoms. The van der Waals surface area contributed by atoms with Gasteiger partial charge in [0.15, 0.2) is 0 Å². The van der Waals surface area contributed by atoms with Crippen LogP contribution in [0.15, 0.2) is 42.6 Å². The van der Waals surface area contributed by atoms with Crippen molar-refractivity contribution in [2.45, 2.75) is 13.3 Å². The minimum absolute atomic E-state index is 0.645. The van der Waals surface area contributed by atoms with E-state index in [0.717, 1.165) is 27.9 Å². The van der Waals surface area contributed by atoms with Gasteiger partial charge in [0.1, 0.15) is 0 Å². The topological polar surface area (TPSA) is 50.7 Å². The van der Waals surface area contributed by atoms with Gasteiger partial charge in [-0.25, -0.2) is 9.97 Å². The van der Waals surface area contributed by atoms with Crippen molar-refractivity contribution >= 4 is 16.9 Å². The molecule has 1 aromatic carbocycles. The van der Waals surface area contributed by atoms with Crippen molar-refractivity contribution < 1.29 is 0 Å². The lowest BCUT2D eigenvalue weighted by Gasteiger charge is -2.07. The van der Waals surface area contributed by atoms with Crippen molar-refractivity contribution in [1.82, 2.24) is 15.0 Å². The van der Waals surface area contributed by atoms with Crippen LogP contribution in [0.25, 0.3) is 10.9 Å². The molecule has 0 aliphatic heterocycles. The van der Waals surface area contributed by atoms with Gasteiger partial charge >= 0.3 is 0 Å². The Kier molecular flexibility index (Phi) is 3.29. The first-order chi connectivity index (χ1) is 9.76. The van der Waals surface area contributed by atoms with Crippen molar-refractivity contribution in [3.05, 3.63) is 59.5 Å². The summed E-state index contributed by atoms with van der Waals surface area (Å²) in [7, 11) is 1.82. The van der Waals surface area contributed by atoms with Crippen molar-refractivity contribution in [1.29, 1.82) is 0 Å². The zero-order valence-corrected chi connectivity index (χ0v) is 11.6. The van der Waals surface area contributed by atoms with E-state index in [0.29, 0.717) is 12.4 Å². The standard InChI is InChI=1S/C16H16N4/c1-11-10-18-16(17-2)20-15(11)9-13-8-7-12-5-3-4-6-14(12)19-13/h3-8,10H,9H2,1-2H3,(H,17,18,20). The third-order valence-electron chi connectivity index (χ3n) is 3.30. The molecule has 0 aliphatic carbocycles. The summed E-state index contributed by atoms with van der Waals surface area (Å²) in [6.45, 7) is 2.02. The largest absolute Gasteiger partial charge is 0.357 e. The van der Waals surface area contributed by atoms with E-state index in [1.54, 1.807) is 0 Å².